The summed E-state index contributed by atoms with van der Waals surface area (Å²) >= 11 is 0. The zero-order valence-electron chi connectivity index (χ0n) is 9.35. The standard InChI is InChI=1S/C13H13NO3/c15-10-8-17-11-5-2-1-4-9(11)13(10)14-7-3-6-12(14)16/h1-2,4-5,15H,3,6-8H2. The van der Waals surface area contributed by atoms with Gasteiger partial charge in [0, 0.05) is 18.5 Å². The fourth-order valence-electron chi connectivity index (χ4n) is 2.34. The molecule has 0 unspecified atom stereocenters. The average Bonchev–Trinajstić information content (AvgIpc) is 2.75. The third-order valence-electron chi connectivity index (χ3n) is 3.12. The number of fused-ring (bicyclic) bond motifs is 1. The largest absolute Gasteiger partial charge is 0.507 e. The molecule has 2 heterocycles. The Bertz CT molecular complexity index is 507. The van der Waals surface area contributed by atoms with Gasteiger partial charge in [0.2, 0.25) is 5.91 Å². The number of nitrogens with zero attached hydrogens (tertiary/aromatic N) is 1. The van der Waals surface area contributed by atoms with Gasteiger partial charge in [-0.3, -0.25) is 4.79 Å². The minimum atomic E-state index is 0.0725. The monoisotopic (exact) mass is 231 g/mol. The Morgan fingerprint density at radius 3 is 2.88 bits per heavy atom. The third kappa shape index (κ3) is 1.56. The number of rotatable bonds is 1. The fraction of sp³-hybridized carbons (Fsp3) is 0.308. The molecule has 17 heavy (non-hydrogen) atoms. The first-order valence-corrected chi connectivity index (χ1v) is 5.72. The topological polar surface area (TPSA) is 49.8 Å². The minimum Gasteiger partial charge on any atom is -0.507 e. The van der Waals surface area contributed by atoms with Gasteiger partial charge in [0.25, 0.3) is 0 Å². The Balaban J connectivity index is 2.10. The summed E-state index contributed by atoms with van der Waals surface area (Å²) in [6, 6.07) is 7.47. The van der Waals surface area contributed by atoms with E-state index in [2.05, 4.69) is 0 Å². The second kappa shape index (κ2) is 3.80. The van der Waals surface area contributed by atoms with Gasteiger partial charge in [-0.25, -0.2) is 0 Å². The number of amides is 1. The van der Waals surface area contributed by atoms with Crippen LogP contribution in [0.25, 0.3) is 5.70 Å². The number of aliphatic hydroxyl groups excluding tert-OH is 1. The molecule has 88 valence electrons. The summed E-state index contributed by atoms with van der Waals surface area (Å²) in [6.07, 6.45) is 1.40. The average molecular weight is 231 g/mol. The molecule has 4 heteroatoms. The van der Waals surface area contributed by atoms with Crippen LogP contribution in [-0.2, 0) is 4.79 Å². The van der Waals surface area contributed by atoms with Crippen LogP contribution in [0, 0.1) is 0 Å². The Labute approximate surface area is 99.1 Å². The molecule has 0 spiro atoms. The van der Waals surface area contributed by atoms with Crippen molar-refractivity contribution in [3.63, 3.8) is 0 Å². The predicted molar refractivity (Wildman–Crippen MR) is 62.4 cm³/mol. The first-order valence-electron chi connectivity index (χ1n) is 5.72. The summed E-state index contributed by atoms with van der Waals surface area (Å²) in [7, 11) is 0. The number of para-hydroxylation sites is 1. The van der Waals surface area contributed by atoms with Gasteiger partial charge >= 0.3 is 0 Å². The second-order valence-corrected chi connectivity index (χ2v) is 4.23. The summed E-state index contributed by atoms with van der Waals surface area (Å²) < 4.78 is 5.41. The highest BCUT2D eigenvalue weighted by Gasteiger charge is 2.30. The number of aliphatic hydroxyl groups is 1. The molecule has 1 fully saturated rings. The van der Waals surface area contributed by atoms with E-state index in [1.54, 1.807) is 4.90 Å². The quantitative estimate of drug-likeness (QED) is 0.803. The molecule has 0 bridgehead atoms. The van der Waals surface area contributed by atoms with E-state index in [9.17, 15) is 9.90 Å². The summed E-state index contributed by atoms with van der Waals surface area (Å²) in [5, 5.41) is 9.95. The molecule has 1 saturated heterocycles. The molecule has 0 aromatic heterocycles. The van der Waals surface area contributed by atoms with Gasteiger partial charge in [-0.15, -0.1) is 0 Å². The van der Waals surface area contributed by atoms with Crippen molar-refractivity contribution in [2.45, 2.75) is 12.8 Å². The van der Waals surface area contributed by atoms with E-state index in [1.165, 1.54) is 0 Å². The maximum atomic E-state index is 11.8. The Morgan fingerprint density at radius 2 is 2.12 bits per heavy atom. The summed E-state index contributed by atoms with van der Waals surface area (Å²) in [5.74, 6) is 0.933. The molecule has 1 amide bonds. The van der Waals surface area contributed by atoms with Crippen LogP contribution in [0.5, 0.6) is 5.75 Å². The van der Waals surface area contributed by atoms with Gasteiger partial charge in [0.1, 0.15) is 12.4 Å². The SMILES string of the molecule is O=C1CCCN1C1=C(O)COc2ccccc21. The lowest BCUT2D eigenvalue weighted by Gasteiger charge is -2.26. The van der Waals surface area contributed by atoms with Crippen LogP contribution >= 0.6 is 0 Å². The van der Waals surface area contributed by atoms with Crippen LogP contribution in [0.3, 0.4) is 0 Å². The predicted octanol–water partition coefficient (Wildman–Crippen LogP) is 1.93. The van der Waals surface area contributed by atoms with Crippen molar-refractivity contribution in [1.29, 1.82) is 0 Å². The van der Waals surface area contributed by atoms with Crippen LogP contribution in [0.15, 0.2) is 30.0 Å². The van der Waals surface area contributed by atoms with Gasteiger partial charge in [0.05, 0.1) is 5.70 Å². The molecular weight excluding hydrogens is 218 g/mol. The van der Waals surface area contributed by atoms with Crippen molar-refractivity contribution in [2.75, 3.05) is 13.2 Å². The van der Waals surface area contributed by atoms with E-state index in [0.29, 0.717) is 18.7 Å². The number of hydrogen-bond acceptors (Lipinski definition) is 3. The second-order valence-electron chi connectivity index (χ2n) is 4.23. The molecule has 4 nitrogen and oxygen atoms in total. The van der Waals surface area contributed by atoms with E-state index in [0.717, 1.165) is 17.7 Å². The van der Waals surface area contributed by atoms with E-state index in [4.69, 9.17) is 4.74 Å². The number of hydrogen-bond donors (Lipinski definition) is 1. The number of likely N-dealkylation sites (tertiary alicyclic amines) is 1. The van der Waals surface area contributed by atoms with Gasteiger partial charge in [-0.2, -0.15) is 0 Å². The summed E-state index contributed by atoms with van der Waals surface area (Å²) in [6.45, 7) is 0.808. The molecule has 3 rings (SSSR count). The van der Waals surface area contributed by atoms with Gasteiger partial charge in [-0.05, 0) is 18.6 Å². The molecule has 0 aliphatic carbocycles. The van der Waals surface area contributed by atoms with Gasteiger partial charge < -0.3 is 14.7 Å². The van der Waals surface area contributed by atoms with E-state index < -0.39 is 0 Å². The molecule has 0 saturated carbocycles. The zero-order chi connectivity index (χ0) is 11.8. The maximum absolute atomic E-state index is 11.8. The van der Waals surface area contributed by atoms with Crippen molar-refractivity contribution in [3.8, 4) is 5.75 Å². The molecule has 0 radical (unpaired) electrons. The fourth-order valence-corrected chi connectivity index (χ4v) is 2.34. The summed E-state index contributed by atoms with van der Waals surface area (Å²) in [5.41, 5.74) is 1.42. The van der Waals surface area contributed by atoms with Gasteiger partial charge in [0.15, 0.2) is 5.76 Å². The molecule has 2 aliphatic heterocycles. The van der Waals surface area contributed by atoms with E-state index in [-0.39, 0.29) is 18.3 Å². The third-order valence-corrected chi connectivity index (χ3v) is 3.12. The lowest BCUT2D eigenvalue weighted by atomic mass is 10.1. The van der Waals surface area contributed by atoms with Crippen LogP contribution < -0.4 is 4.74 Å². The highest BCUT2D eigenvalue weighted by molar-refractivity contribution is 5.90. The van der Waals surface area contributed by atoms with Crippen molar-refractivity contribution >= 4 is 11.6 Å². The van der Waals surface area contributed by atoms with Crippen molar-refractivity contribution in [3.05, 3.63) is 35.6 Å². The van der Waals surface area contributed by atoms with E-state index >= 15 is 0 Å². The number of benzene rings is 1. The van der Waals surface area contributed by atoms with Crippen molar-refractivity contribution in [2.24, 2.45) is 0 Å². The number of ether oxygens (including phenoxy) is 1. The minimum absolute atomic E-state index is 0.0725. The Hall–Kier alpha value is -1.97. The Kier molecular flexibility index (Phi) is 2.28. The molecule has 1 aromatic carbocycles. The first-order chi connectivity index (χ1) is 8.27. The Morgan fingerprint density at radius 1 is 1.29 bits per heavy atom. The van der Waals surface area contributed by atoms with Crippen molar-refractivity contribution < 1.29 is 14.6 Å². The van der Waals surface area contributed by atoms with Crippen LogP contribution in [0.1, 0.15) is 18.4 Å². The van der Waals surface area contributed by atoms with Crippen LogP contribution in [0.4, 0.5) is 0 Å². The lowest BCUT2D eigenvalue weighted by molar-refractivity contribution is -0.125. The molecule has 0 atom stereocenters. The zero-order valence-corrected chi connectivity index (χ0v) is 9.35. The highest BCUT2D eigenvalue weighted by Crippen LogP contribution is 2.36. The van der Waals surface area contributed by atoms with Crippen LogP contribution in [-0.4, -0.2) is 29.1 Å². The molecule has 2 aliphatic rings. The van der Waals surface area contributed by atoms with Gasteiger partial charge in [-0.1, -0.05) is 12.1 Å². The summed E-state index contributed by atoms with van der Waals surface area (Å²) in [4.78, 5) is 13.4. The molecule has 1 aromatic rings. The normalized spacial score (nSPS) is 19.3. The first kappa shape index (κ1) is 10.2. The molecular formula is C13H13NO3. The number of carbonyl (C=O) groups excluding carboxylic acids is 1. The maximum Gasteiger partial charge on any atom is 0.227 e. The van der Waals surface area contributed by atoms with Crippen LogP contribution in [0.2, 0.25) is 0 Å². The number of carbonyl (C=O) groups is 1. The van der Waals surface area contributed by atoms with E-state index in [1.807, 2.05) is 24.3 Å². The lowest BCUT2D eigenvalue weighted by Crippen LogP contribution is -2.27. The smallest absolute Gasteiger partial charge is 0.227 e. The van der Waals surface area contributed by atoms with Crippen molar-refractivity contribution in [1.82, 2.24) is 4.90 Å². The molecule has 1 N–H and O–H groups in total. The highest BCUT2D eigenvalue weighted by atomic mass is 16.5.